The molecule has 102 valence electrons. The molecular weight excluding hydrogens is 331 g/mol. The zero-order chi connectivity index (χ0) is 14.2. The average Bonchev–Trinajstić information content (AvgIpc) is 2.41. The Kier molecular flexibility index (Phi) is 3.80. The normalized spacial score (nSPS) is 28.0. The first-order valence-corrected chi connectivity index (χ1v) is 6.15. The van der Waals surface area contributed by atoms with Gasteiger partial charge in [-0.25, -0.2) is 22.0 Å². The van der Waals surface area contributed by atoms with Crippen LogP contribution in [0.5, 0.6) is 0 Å². The molecule has 0 spiro atoms. The fourth-order valence-corrected chi connectivity index (χ4v) is 2.32. The summed E-state index contributed by atoms with van der Waals surface area (Å²) in [6, 6.07) is 8.01. The predicted octanol–water partition coefficient (Wildman–Crippen LogP) is 5.02. The Bertz CT molecular complexity index is 547. The third kappa shape index (κ3) is 2.45. The molecule has 0 heterocycles. The molecular formula is C13H8BrF5. The molecule has 0 fully saturated rings. The van der Waals surface area contributed by atoms with Crippen LogP contribution in [-0.4, -0.2) is 10.7 Å². The van der Waals surface area contributed by atoms with E-state index in [2.05, 4.69) is 15.9 Å². The van der Waals surface area contributed by atoms with E-state index >= 15 is 0 Å². The summed E-state index contributed by atoms with van der Waals surface area (Å²) in [7, 11) is 0. The van der Waals surface area contributed by atoms with Crippen LogP contribution in [0, 0.1) is 0 Å². The van der Waals surface area contributed by atoms with Crippen molar-refractivity contribution in [3.8, 4) is 0 Å². The number of allylic oxidation sites excluding steroid dienone is 4. The molecule has 0 radical (unpaired) electrons. The van der Waals surface area contributed by atoms with E-state index in [-0.39, 0.29) is 6.42 Å². The fourth-order valence-electron chi connectivity index (χ4n) is 1.80. The maximum absolute atomic E-state index is 14.1. The van der Waals surface area contributed by atoms with E-state index in [1.54, 1.807) is 30.3 Å². The number of rotatable bonds is 2. The summed E-state index contributed by atoms with van der Waals surface area (Å²) in [5.74, 6) is -5.76. The molecule has 0 N–H and O–H groups in total. The zero-order valence-corrected chi connectivity index (χ0v) is 11.0. The molecule has 2 atom stereocenters. The molecule has 0 saturated carbocycles. The van der Waals surface area contributed by atoms with E-state index in [4.69, 9.17) is 0 Å². The van der Waals surface area contributed by atoms with Gasteiger partial charge in [0.05, 0.1) is 0 Å². The molecule has 1 aromatic carbocycles. The highest BCUT2D eigenvalue weighted by Crippen LogP contribution is 2.48. The highest BCUT2D eigenvalue weighted by molar-refractivity contribution is 9.10. The van der Waals surface area contributed by atoms with Crippen LogP contribution in [0.3, 0.4) is 0 Å². The number of hydrogen-bond donors (Lipinski definition) is 0. The molecule has 0 bridgehead atoms. The SMILES string of the molecule is FC1=C(F)C(F)C(F)(Br)C(Cc2ccccc2)=C1F. The largest absolute Gasteiger partial charge is 0.235 e. The minimum Gasteiger partial charge on any atom is -0.235 e. The van der Waals surface area contributed by atoms with Gasteiger partial charge in [0.1, 0.15) is 0 Å². The zero-order valence-electron chi connectivity index (χ0n) is 9.44. The molecule has 0 nitrogen and oxygen atoms in total. The highest BCUT2D eigenvalue weighted by atomic mass is 79.9. The van der Waals surface area contributed by atoms with E-state index in [9.17, 15) is 22.0 Å². The van der Waals surface area contributed by atoms with Crippen molar-refractivity contribution >= 4 is 15.9 Å². The number of benzene rings is 1. The Morgan fingerprint density at radius 2 is 1.63 bits per heavy atom. The lowest BCUT2D eigenvalue weighted by Crippen LogP contribution is -2.36. The van der Waals surface area contributed by atoms with Gasteiger partial charge < -0.3 is 0 Å². The van der Waals surface area contributed by atoms with Gasteiger partial charge in [-0.15, -0.1) is 0 Å². The molecule has 2 rings (SSSR count). The van der Waals surface area contributed by atoms with Crippen molar-refractivity contribution in [1.29, 1.82) is 0 Å². The van der Waals surface area contributed by atoms with Gasteiger partial charge in [-0.2, -0.15) is 0 Å². The summed E-state index contributed by atoms with van der Waals surface area (Å²) >= 11 is 2.31. The van der Waals surface area contributed by atoms with Crippen molar-refractivity contribution in [2.24, 2.45) is 0 Å². The lowest BCUT2D eigenvalue weighted by atomic mass is 9.93. The lowest BCUT2D eigenvalue weighted by molar-refractivity contribution is 0.159. The van der Waals surface area contributed by atoms with E-state index < -0.39 is 33.8 Å². The number of alkyl halides is 3. The fraction of sp³-hybridized carbons (Fsp3) is 0.231. The summed E-state index contributed by atoms with van der Waals surface area (Å²) in [5.41, 5.74) is -0.346. The Morgan fingerprint density at radius 1 is 1.05 bits per heavy atom. The minimum absolute atomic E-state index is 0.366. The second-order valence-corrected chi connectivity index (χ2v) is 5.26. The van der Waals surface area contributed by atoms with E-state index in [0.717, 1.165) is 0 Å². The van der Waals surface area contributed by atoms with Crippen molar-refractivity contribution in [2.75, 3.05) is 0 Å². The quantitative estimate of drug-likeness (QED) is 0.525. The smallest absolute Gasteiger partial charge is 0.227 e. The average molecular weight is 339 g/mol. The monoisotopic (exact) mass is 338 g/mol. The maximum Gasteiger partial charge on any atom is 0.227 e. The molecule has 0 aliphatic heterocycles. The van der Waals surface area contributed by atoms with Crippen LogP contribution in [0.25, 0.3) is 0 Å². The van der Waals surface area contributed by atoms with Gasteiger partial charge in [0, 0.05) is 12.0 Å². The Morgan fingerprint density at radius 3 is 2.21 bits per heavy atom. The molecule has 2 unspecified atom stereocenters. The molecule has 6 heteroatoms. The minimum atomic E-state index is -3.09. The van der Waals surface area contributed by atoms with Gasteiger partial charge in [-0.05, 0) is 21.5 Å². The van der Waals surface area contributed by atoms with Gasteiger partial charge in [0.2, 0.25) is 10.7 Å². The second-order valence-electron chi connectivity index (χ2n) is 4.10. The standard InChI is InChI=1S/C13H8BrF5/c14-13(19)8(6-7-4-2-1-3-5-7)9(15)10(16)11(17)12(13)18/h1-5,12H,6H2. The van der Waals surface area contributed by atoms with Gasteiger partial charge >= 0.3 is 0 Å². The summed E-state index contributed by atoms with van der Waals surface area (Å²) < 4.78 is 64.2. The van der Waals surface area contributed by atoms with Crippen LogP contribution in [0.2, 0.25) is 0 Å². The van der Waals surface area contributed by atoms with Crippen molar-refractivity contribution < 1.29 is 22.0 Å². The topological polar surface area (TPSA) is 0 Å². The molecule has 0 amide bonds. The van der Waals surface area contributed by atoms with Crippen LogP contribution >= 0.6 is 15.9 Å². The van der Waals surface area contributed by atoms with Crippen molar-refractivity contribution in [3.05, 3.63) is 58.9 Å². The molecule has 19 heavy (non-hydrogen) atoms. The van der Waals surface area contributed by atoms with Gasteiger partial charge in [0.15, 0.2) is 17.5 Å². The third-order valence-corrected chi connectivity index (χ3v) is 3.71. The van der Waals surface area contributed by atoms with Crippen molar-refractivity contribution in [3.63, 3.8) is 0 Å². The van der Waals surface area contributed by atoms with Gasteiger partial charge in [-0.1, -0.05) is 30.3 Å². The van der Waals surface area contributed by atoms with E-state index in [1.807, 2.05) is 0 Å². The van der Waals surface area contributed by atoms with Gasteiger partial charge in [0.25, 0.3) is 0 Å². The summed E-state index contributed by atoms with van der Waals surface area (Å²) in [5, 5.41) is 0. The Labute approximate surface area is 114 Å². The maximum atomic E-state index is 14.1. The Balaban J connectivity index is 2.47. The molecule has 1 aliphatic rings. The van der Waals surface area contributed by atoms with Crippen molar-refractivity contribution in [1.82, 2.24) is 0 Å². The van der Waals surface area contributed by atoms with E-state index in [1.165, 1.54) is 0 Å². The van der Waals surface area contributed by atoms with Crippen LogP contribution in [-0.2, 0) is 6.42 Å². The molecule has 0 aromatic heterocycles. The third-order valence-electron chi connectivity index (χ3n) is 2.83. The van der Waals surface area contributed by atoms with Crippen molar-refractivity contribution in [2.45, 2.75) is 17.2 Å². The van der Waals surface area contributed by atoms with Crippen LogP contribution in [0.15, 0.2) is 53.4 Å². The first-order valence-electron chi connectivity index (χ1n) is 5.36. The first-order chi connectivity index (χ1) is 8.85. The Hall–Kier alpha value is -1.17. The summed E-state index contributed by atoms with van der Waals surface area (Å²) in [6.07, 6.45) is -3.28. The summed E-state index contributed by atoms with van der Waals surface area (Å²) in [6.45, 7) is 0. The predicted molar refractivity (Wildman–Crippen MR) is 65.2 cm³/mol. The van der Waals surface area contributed by atoms with E-state index in [0.29, 0.717) is 5.56 Å². The van der Waals surface area contributed by atoms with Crippen LogP contribution < -0.4 is 0 Å². The highest BCUT2D eigenvalue weighted by Gasteiger charge is 2.50. The summed E-state index contributed by atoms with van der Waals surface area (Å²) in [4.78, 5) is 0. The molecule has 0 saturated heterocycles. The number of hydrogen-bond acceptors (Lipinski definition) is 0. The number of halogens is 6. The second kappa shape index (κ2) is 5.07. The van der Waals surface area contributed by atoms with Crippen LogP contribution in [0.1, 0.15) is 5.56 Å². The first kappa shape index (κ1) is 14.2. The van der Waals surface area contributed by atoms with Crippen LogP contribution in [0.4, 0.5) is 22.0 Å². The van der Waals surface area contributed by atoms with Gasteiger partial charge in [-0.3, -0.25) is 0 Å². The molecule has 1 aliphatic carbocycles. The molecule has 1 aromatic rings. The lowest BCUT2D eigenvalue weighted by Gasteiger charge is -2.29.